The van der Waals surface area contributed by atoms with Crippen LogP contribution in [-0.2, 0) is 0 Å². The van der Waals surface area contributed by atoms with Gasteiger partial charge in [-0.1, -0.05) is 89.8 Å². The molecule has 120 valence electrons. The summed E-state index contributed by atoms with van der Waals surface area (Å²) in [6.07, 6.45) is 0. The molecule has 0 N–H and O–H groups in total. The van der Waals surface area contributed by atoms with Gasteiger partial charge < -0.3 is 14.7 Å². The summed E-state index contributed by atoms with van der Waals surface area (Å²) in [4.78, 5) is 0. The van der Waals surface area contributed by atoms with Crippen molar-refractivity contribution in [2.24, 2.45) is 0 Å². The van der Waals surface area contributed by atoms with Gasteiger partial charge in [0.15, 0.2) is 0 Å². The maximum Gasteiger partial charge on any atom is 1.00 e. The minimum absolute atomic E-state index is 0. The van der Waals surface area contributed by atoms with E-state index < -0.39 is 7.32 Å². The van der Waals surface area contributed by atoms with Gasteiger partial charge in [-0.2, -0.15) is 0 Å². The Balaban J connectivity index is 0. The normalized spacial score (nSPS) is 8.08. The first-order chi connectivity index (χ1) is 11.6. The second kappa shape index (κ2) is 19.5. The van der Waals surface area contributed by atoms with E-state index in [-0.39, 0.29) is 116 Å². The summed E-state index contributed by atoms with van der Waals surface area (Å²) >= 11 is 0. The Morgan fingerprint density at radius 2 is 0.885 bits per heavy atom. The standard InChI is InChI=1S/C6H5BO3.2C6H7B.2Rb/c8-7(9)10-6-4-2-1-3-5-6;2*7-6-4-2-1-3-5-6;;/h1-5H;2*1-5H,7H2;;/q-2;;;2*+1. The van der Waals surface area contributed by atoms with E-state index >= 15 is 0 Å². The molecular weight excluding hydrogens is 468 g/mol. The van der Waals surface area contributed by atoms with Crippen molar-refractivity contribution in [1.82, 2.24) is 0 Å². The summed E-state index contributed by atoms with van der Waals surface area (Å²) in [5, 5.41) is 19.8. The van der Waals surface area contributed by atoms with Crippen molar-refractivity contribution in [3.05, 3.63) is 91.0 Å². The van der Waals surface area contributed by atoms with Gasteiger partial charge >= 0.3 is 116 Å². The number of hydrogen-bond acceptors (Lipinski definition) is 3. The van der Waals surface area contributed by atoms with Crippen LogP contribution in [0.5, 0.6) is 5.75 Å². The molecule has 26 heavy (non-hydrogen) atoms. The maximum atomic E-state index is 9.92. The Labute approximate surface area is 256 Å². The van der Waals surface area contributed by atoms with Gasteiger partial charge in [0.1, 0.15) is 23.0 Å². The SMILES string of the molecule is Bc1ccccc1.Bc1ccccc1.[O-]B([O-])Oc1ccccc1.[Rb+].[Rb+]. The van der Waals surface area contributed by atoms with Crippen LogP contribution in [0, 0.1) is 0 Å². The Morgan fingerprint density at radius 3 is 1.12 bits per heavy atom. The van der Waals surface area contributed by atoms with Gasteiger partial charge in [0.25, 0.3) is 0 Å². The quantitative estimate of drug-likeness (QED) is 0.338. The van der Waals surface area contributed by atoms with E-state index in [0.717, 1.165) is 0 Å². The van der Waals surface area contributed by atoms with E-state index in [1.807, 2.05) is 36.4 Å². The summed E-state index contributed by atoms with van der Waals surface area (Å²) in [5.41, 5.74) is 2.64. The molecule has 3 nitrogen and oxygen atoms in total. The van der Waals surface area contributed by atoms with Crippen molar-refractivity contribution in [2.75, 3.05) is 0 Å². The Hall–Kier alpha value is 1.19. The van der Waals surface area contributed by atoms with E-state index in [0.29, 0.717) is 5.75 Å². The third-order valence-corrected chi connectivity index (χ3v) is 2.86. The number of hydrogen-bond donors (Lipinski definition) is 0. The molecule has 0 atom stereocenters. The molecule has 3 rings (SSSR count). The minimum Gasteiger partial charge on any atom is -0.860 e. The fraction of sp³-hybridized carbons (Fsp3) is 0. The molecule has 0 heterocycles. The zero-order valence-electron chi connectivity index (χ0n) is 16.0. The molecule has 3 aromatic rings. The van der Waals surface area contributed by atoms with E-state index in [1.165, 1.54) is 10.9 Å². The fourth-order valence-electron chi connectivity index (χ4n) is 1.68. The summed E-state index contributed by atoms with van der Waals surface area (Å²) in [6, 6.07) is 28.8. The van der Waals surface area contributed by atoms with Crippen LogP contribution >= 0.6 is 0 Å². The molecule has 0 fully saturated rings. The molecule has 0 bridgehead atoms. The molecule has 3 aromatic carbocycles. The third-order valence-electron chi connectivity index (χ3n) is 2.86. The second-order valence-electron chi connectivity index (χ2n) is 5.03. The predicted molar refractivity (Wildman–Crippen MR) is 102 cm³/mol. The van der Waals surface area contributed by atoms with Gasteiger partial charge in [0, 0.05) is 0 Å². The molecule has 0 saturated carbocycles. The van der Waals surface area contributed by atoms with Gasteiger partial charge in [-0.05, 0) is 12.1 Å². The molecule has 0 aliphatic carbocycles. The second-order valence-corrected chi connectivity index (χ2v) is 5.03. The Kier molecular flexibility index (Phi) is 22.0. The molecule has 0 radical (unpaired) electrons. The van der Waals surface area contributed by atoms with Crippen LogP contribution in [0.2, 0.25) is 0 Å². The summed E-state index contributed by atoms with van der Waals surface area (Å²) in [7, 11) is 1.93. The smallest absolute Gasteiger partial charge is 0.860 e. The van der Waals surface area contributed by atoms with Crippen molar-refractivity contribution in [1.29, 1.82) is 0 Å². The Bertz CT molecular complexity index is 623. The molecule has 0 saturated heterocycles. The van der Waals surface area contributed by atoms with Gasteiger partial charge in [0.05, 0.1) is 5.75 Å². The molecular formula is C18H19B3O3Rb2. The topological polar surface area (TPSA) is 55.3 Å². The molecule has 8 heteroatoms. The predicted octanol–water partition coefficient (Wildman–Crippen LogP) is -7.33. The van der Waals surface area contributed by atoms with Gasteiger partial charge in [-0.3, -0.25) is 0 Å². The van der Waals surface area contributed by atoms with Crippen LogP contribution in [-0.4, -0.2) is 23.0 Å². The molecule has 0 unspecified atom stereocenters. The zero-order valence-corrected chi connectivity index (χ0v) is 25.8. The zero-order chi connectivity index (χ0) is 17.6. The van der Waals surface area contributed by atoms with Crippen LogP contribution in [0.4, 0.5) is 0 Å². The van der Waals surface area contributed by atoms with E-state index in [4.69, 9.17) is 0 Å². The maximum absolute atomic E-state index is 9.92. The van der Waals surface area contributed by atoms with Gasteiger partial charge in [-0.15, -0.1) is 0 Å². The molecule has 0 aromatic heterocycles. The first-order valence-corrected chi connectivity index (χ1v) is 7.64. The van der Waals surface area contributed by atoms with Crippen molar-refractivity contribution in [3.8, 4) is 5.75 Å². The van der Waals surface area contributed by atoms with Crippen molar-refractivity contribution in [3.63, 3.8) is 0 Å². The van der Waals surface area contributed by atoms with E-state index in [1.54, 1.807) is 30.3 Å². The number of benzene rings is 3. The largest absolute Gasteiger partial charge is 1.00 e. The first-order valence-electron chi connectivity index (χ1n) is 7.64. The van der Waals surface area contributed by atoms with Crippen molar-refractivity contribution in [2.45, 2.75) is 0 Å². The van der Waals surface area contributed by atoms with Gasteiger partial charge in [-0.25, -0.2) is 0 Å². The van der Waals surface area contributed by atoms with Crippen LogP contribution in [0.1, 0.15) is 0 Å². The average Bonchev–Trinajstić information content (AvgIpc) is 2.58. The molecule has 0 aliphatic rings. The fourth-order valence-corrected chi connectivity index (χ4v) is 1.68. The van der Waals surface area contributed by atoms with E-state index in [9.17, 15) is 10.0 Å². The first kappa shape index (κ1) is 29.4. The monoisotopic (exact) mass is 486 g/mol. The van der Waals surface area contributed by atoms with Crippen LogP contribution in [0.25, 0.3) is 0 Å². The molecule has 0 amide bonds. The summed E-state index contributed by atoms with van der Waals surface area (Å²) in [5.74, 6) is 0.317. The number of para-hydroxylation sites is 1. The van der Waals surface area contributed by atoms with Crippen LogP contribution < -0.4 is 142 Å². The van der Waals surface area contributed by atoms with Crippen molar-refractivity contribution >= 4 is 33.9 Å². The number of rotatable bonds is 2. The van der Waals surface area contributed by atoms with E-state index in [2.05, 4.69) is 44.6 Å². The molecule has 0 aliphatic heterocycles. The Morgan fingerprint density at radius 1 is 0.577 bits per heavy atom. The van der Waals surface area contributed by atoms with Crippen molar-refractivity contribution < 1.29 is 131 Å². The molecule has 0 spiro atoms. The summed E-state index contributed by atoms with van der Waals surface area (Å²) in [6.45, 7) is 0. The average molecular weight is 487 g/mol. The van der Waals surface area contributed by atoms with Gasteiger partial charge in [0.2, 0.25) is 0 Å². The minimum atomic E-state index is -2.23. The summed E-state index contributed by atoms with van der Waals surface area (Å²) < 4.78 is 4.30. The third kappa shape index (κ3) is 17.3. The van der Waals surface area contributed by atoms with Crippen LogP contribution in [0.3, 0.4) is 0 Å². The van der Waals surface area contributed by atoms with Crippen LogP contribution in [0.15, 0.2) is 91.0 Å².